The molecular weight excluding hydrogens is 565 g/mol. The first kappa shape index (κ1) is 29.0. The topological polar surface area (TPSA) is 128 Å². The van der Waals surface area contributed by atoms with E-state index in [1.54, 1.807) is 41.1 Å². The summed E-state index contributed by atoms with van der Waals surface area (Å²) < 4.78 is 27.6. The Morgan fingerprint density at radius 2 is 1.93 bits per heavy atom. The van der Waals surface area contributed by atoms with Gasteiger partial charge >= 0.3 is 11.8 Å². The molecule has 0 spiro atoms. The number of benzene rings is 2. The number of methoxy groups -OCH3 is 1. The van der Waals surface area contributed by atoms with Crippen LogP contribution in [0.4, 0.5) is 10.2 Å². The van der Waals surface area contributed by atoms with Crippen molar-refractivity contribution in [2.45, 2.75) is 52.1 Å². The molecule has 3 aromatic heterocycles. The summed E-state index contributed by atoms with van der Waals surface area (Å²) in [6, 6.07) is 14.3. The van der Waals surface area contributed by atoms with E-state index in [4.69, 9.17) is 14.4 Å². The van der Waals surface area contributed by atoms with Crippen LogP contribution >= 0.6 is 0 Å². The van der Waals surface area contributed by atoms with Crippen molar-refractivity contribution < 1.29 is 23.2 Å². The molecule has 0 radical (unpaired) electrons. The first-order valence-electron chi connectivity index (χ1n) is 14.3. The summed E-state index contributed by atoms with van der Waals surface area (Å²) in [6.45, 7) is 6.62. The third-order valence-electron chi connectivity index (χ3n) is 7.53. The van der Waals surface area contributed by atoms with Crippen LogP contribution in [-0.2, 0) is 23.3 Å². The molecule has 0 bridgehead atoms. The Hall–Kier alpha value is -5.13. The Kier molecular flexibility index (Phi) is 7.58. The summed E-state index contributed by atoms with van der Waals surface area (Å²) >= 11 is 0. The number of ether oxygens (including phenoxy) is 1. The van der Waals surface area contributed by atoms with E-state index in [9.17, 15) is 9.59 Å². The number of halogens is 1. The van der Waals surface area contributed by atoms with Gasteiger partial charge in [0.1, 0.15) is 11.6 Å². The molecule has 11 nitrogen and oxygen atoms in total. The maximum atomic E-state index is 15.5. The van der Waals surface area contributed by atoms with E-state index in [1.807, 2.05) is 45.0 Å². The number of nitrogens with zero attached hydrogens (tertiary/aromatic N) is 6. The normalized spacial score (nSPS) is 13.6. The quantitative estimate of drug-likeness (QED) is 0.264. The number of fused-ring (bicyclic) bond motifs is 1. The van der Waals surface area contributed by atoms with Crippen molar-refractivity contribution in [1.29, 1.82) is 0 Å². The lowest BCUT2D eigenvalue weighted by Gasteiger charge is -2.14. The molecule has 0 aliphatic carbocycles. The van der Waals surface area contributed by atoms with Gasteiger partial charge in [-0.05, 0) is 47.4 Å². The number of rotatable bonds is 8. The fourth-order valence-electron chi connectivity index (χ4n) is 5.12. The van der Waals surface area contributed by atoms with Crippen LogP contribution in [0, 0.1) is 5.82 Å². The number of hydrogen-bond acceptors (Lipinski definition) is 8. The van der Waals surface area contributed by atoms with Crippen molar-refractivity contribution >= 4 is 28.7 Å². The molecule has 4 heterocycles. The fourth-order valence-corrected chi connectivity index (χ4v) is 5.12. The van der Waals surface area contributed by atoms with E-state index >= 15 is 4.39 Å². The van der Waals surface area contributed by atoms with Gasteiger partial charge in [-0.3, -0.25) is 14.5 Å². The molecule has 5 aromatic rings. The highest BCUT2D eigenvalue weighted by atomic mass is 19.1. The average Bonchev–Trinajstić information content (AvgIpc) is 3.76. The van der Waals surface area contributed by atoms with E-state index in [1.165, 1.54) is 6.07 Å². The highest BCUT2D eigenvalue weighted by molar-refractivity contribution is 6.07. The van der Waals surface area contributed by atoms with Gasteiger partial charge in [0.15, 0.2) is 17.3 Å². The van der Waals surface area contributed by atoms with Crippen LogP contribution in [0.5, 0.6) is 5.75 Å². The number of carbonyl (C=O) groups is 2. The molecule has 2 amide bonds. The van der Waals surface area contributed by atoms with Gasteiger partial charge in [-0.15, -0.1) is 0 Å². The van der Waals surface area contributed by atoms with Crippen molar-refractivity contribution in [3.63, 3.8) is 0 Å². The molecule has 44 heavy (non-hydrogen) atoms. The number of nitrogens with one attached hydrogen (secondary N) is 1. The lowest BCUT2D eigenvalue weighted by atomic mass is 9.96. The van der Waals surface area contributed by atoms with Crippen LogP contribution in [0.25, 0.3) is 22.2 Å². The second-order valence-electron chi connectivity index (χ2n) is 11.7. The zero-order chi connectivity index (χ0) is 31.0. The van der Waals surface area contributed by atoms with Crippen LogP contribution in [0.3, 0.4) is 0 Å². The molecule has 1 fully saturated rings. The van der Waals surface area contributed by atoms with Gasteiger partial charge in [-0.1, -0.05) is 50.2 Å². The zero-order valence-corrected chi connectivity index (χ0v) is 24.9. The van der Waals surface area contributed by atoms with Crippen LogP contribution in [-0.4, -0.2) is 50.4 Å². The summed E-state index contributed by atoms with van der Waals surface area (Å²) in [5.41, 5.74) is 2.76. The lowest BCUT2D eigenvalue weighted by Crippen LogP contribution is -2.24. The number of amides is 2. The van der Waals surface area contributed by atoms with E-state index < -0.39 is 11.7 Å². The zero-order valence-electron chi connectivity index (χ0n) is 24.9. The van der Waals surface area contributed by atoms with Gasteiger partial charge < -0.3 is 14.6 Å². The van der Waals surface area contributed by atoms with Gasteiger partial charge in [0.25, 0.3) is 0 Å². The molecule has 0 saturated carbocycles. The Balaban J connectivity index is 1.31. The summed E-state index contributed by atoms with van der Waals surface area (Å²) in [6.07, 6.45) is 2.83. The smallest absolute Gasteiger partial charge is 0.315 e. The standard InChI is InChI=1S/C32H32FN7O4/c1-32(2,3)31-36-30(44-38-31)29(42)35-17-21-10-9-20(16-24(21)33)23-13-14-34-27-26(23)28(39-15-5-6-25(39)41)37-40(27)18-19-7-11-22(43-4)12-8-19/h7-14,16H,5-6,15,17-18H2,1-4H3,(H,35,42). The van der Waals surface area contributed by atoms with E-state index in [0.717, 1.165) is 17.7 Å². The van der Waals surface area contributed by atoms with Crippen molar-refractivity contribution in [2.75, 3.05) is 18.6 Å². The highest BCUT2D eigenvalue weighted by Gasteiger charge is 2.29. The largest absolute Gasteiger partial charge is 0.497 e. The second kappa shape index (κ2) is 11.5. The number of hydrogen-bond donors (Lipinski definition) is 1. The summed E-state index contributed by atoms with van der Waals surface area (Å²) in [5, 5.41) is 12.0. The van der Waals surface area contributed by atoms with E-state index in [0.29, 0.717) is 53.3 Å². The number of anilines is 1. The number of carbonyl (C=O) groups excluding carboxylic acids is 2. The summed E-state index contributed by atoms with van der Waals surface area (Å²) in [5.74, 6) is 0.381. The van der Waals surface area contributed by atoms with E-state index in [2.05, 4.69) is 20.4 Å². The second-order valence-corrected chi connectivity index (χ2v) is 11.7. The average molecular weight is 598 g/mol. The maximum Gasteiger partial charge on any atom is 0.315 e. The van der Waals surface area contributed by atoms with Gasteiger partial charge in [-0.25, -0.2) is 14.1 Å². The number of pyridine rings is 1. The third kappa shape index (κ3) is 5.62. The fraction of sp³-hybridized carbons (Fsp3) is 0.312. The van der Waals surface area contributed by atoms with Crippen molar-refractivity contribution in [3.05, 3.63) is 83.4 Å². The van der Waals surface area contributed by atoms with Gasteiger partial charge in [0.05, 0.1) is 19.0 Å². The molecular formula is C32H32FN7O4. The van der Waals surface area contributed by atoms with Crippen LogP contribution in [0.2, 0.25) is 0 Å². The first-order valence-corrected chi connectivity index (χ1v) is 14.3. The van der Waals surface area contributed by atoms with Crippen molar-refractivity contribution in [1.82, 2.24) is 30.2 Å². The molecule has 12 heteroatoms. The predicted octanol–water partition coefficient (Wildman–Crippen LogP) is 5.03. The first-order chi connectivity index (χ1) is 21.1. The highest BCUT2D eigenvalue weighted by Crippen LogP contribution is 2.37. The van der Waals surface area contributed by atoms with Gasteiger partial charge in [-0.2, -0.15) is 10.1 Å². The lowest BCUT2D eigenvalue weighted by molar-refractivity contribution is -0.117. The molecule has 1 aliphatic heterocycles. The Labute approximate surface area is 253 Å². The summed E-state index contributed by atoms with van der Waals surface area (Å²) in [7, 11) is 1.62. The Morgan fingerprint density at radius 3 is 2.59 bits per heavy atom. The molecule has 6 rings (SSSR count). The predicted molar refractivity (Wildman–Crippen MR) is 161 cm³/mol. The molecule has 1 saturated heterocycles. The van der Waals surface area contributed by atoms with Crippen LogP contribution in [0.1, 0.15) is 61.2 Å². The Morgan fingerprint density at radius 1 is 1.14 bits per heavy atom. The van der Waals surface area contributed by atoms with Gasteiger partial charge in [0.2, 0.25) is 5.91 Å². The summed E-state index contributed by atoms with van der Waals surface area (Å²) in [4.78, 5) is 35.8. The molecule has 1 aliphatic rings. The van der Waals surface area contributed by atoms with Crippen LogP contribution in [0.15, 0.2) is 59.3 Å². The Bertz CT molecular complexity index is 1860. The molecule has 226 valence electrons. The minimum Gasteiger partial charge on any atom is -0.497 e. The molecule has 1 N–H and O–H groups in total. The molecule has 2 aromatic carbocycles. The minimum absolute atomic E-state index is 0.0102. The number of aromatic nitrogens is 5. The third-order valence-corrected chi connectivity index (χ3v) is 7.53. The van der Waals surface area contributed by atoms with Crippen LogP contribution < -0.4 is 15.0 Å². The SMILES string of the molecule is COc1ccc(Cn2nc(N3CCCC3=O)c3c(-c4ccc(CNC(=O)c5nc(C(C)(C)C)no5)c(F)c4)ccnc32)cc1. The molecule has 0 atom stereocenters. The van der Waals surface area contributed by atoms with E-state index in [-0.39, 0.29) is 29.3 Å². The van der Waals surface area contributed by atoms with Crippen molar-refractivity contribution in [2.24, 2.45) is 0 Å². The minimum atomic E-state index is -0.587. The van der Waals surface area contributed by atoms with Gasteiger partial charge in [0, 0.05) is 36.7 Å². The molecule has 0 unspecified atom stereocenters. The monoisotopic (exact) mass is 597 g/mol. The van der Waals surface area contributed by atoms with Crippen molar-refractivity contribution in [3.8, 4) is 16.9 Å². The maximum absolute atomic E-state index is 15.5.